The predicted octanol–water partition coefficient (Wildman–Crippen LogP) is 5.91. The summed E-state index contributed by atoms with van der Waals surface area (Å²) in [5, 5.41) is 9.53. The van der Waals surface area contributed by atoms with Crippen LogP contribution in [0.25, 0.3) is 0 Å². The van der Waals surface area contributed by atoms with Crippen molar-refractivity contribution >= 4 is 11.9 Å². The lowest BCUT2D eigenvalue weighted by atomic mass is 9.46. The van der Waals surface area contributed by atoms with Crippen LogP contribution in [0.15, 0.2) is 11.6 Å². The van der Waals surface area contributed by atoms with Gasteiger partial charge in [0.25, 0.3) is 0 Å². The maximum Gasteiger partial charge on any atom is 0.310 e. The number of carboxylic acid groups (broad SMARTS) is 1. The molecule has 0 spiro atoms. The third-order valence-corrected chi connectivity index (χ3v) is 10.1. The molecule has 0 aromatic carbocycles. The molecular formula is C27H43NO3. The Bertz CT molecular complexity index is 762. The van der Waals surface area contributed by atoms with Gasteiger partial charge in [0.15, 0.2) is 0 Å². The fraction of sp³-hybridized carbons (Fsp3) is 0.852. The fourth-order valence-corrected chi connectivity index (χ4v) is 8.61. The molecule has 0 saturated heterocycles. The minimum Gasteiger partial charge on any atom is -0.481 e. The number of carbonyl (C=O) groups excluding carboxylic acids is 1. The largest absolute Gasteiger partial charge is 0.481 e. The summed E-state index contributed by atoms with van der Waals surface area (Å²) >= 11 is 0. The summed E-state index contributed by atoms with van der Waals surface area (Å²) in [5.74, 6) is 1.57. The molecule has 0 unspecified atom stereocenters. The van der Waals surface area contributed by atoms with Crippen molar-refractivity contribution in [1.29, 1.82) is 0 Å². The molecule has 0 aromatic heterocycles. The van der Waals surface area contributed by atoms with Gasteiger partial charge in [-0.3, -0.25) is 9.59 Å². The Hall–Kier alpha value is -1.32. The first-order valence-electron chi connectivity index (χ1n) is 12.8. The van der Waals surface area contributed by atoms with Gasteiger partial charge in [-0.15, -0.1) is 0 Å². The molecule has 0 heterocycles. The van der Waals surface area contributed by atoms with Crippen molar-refractivity contribution in [2.75, 3.05) is 0 Å². The van der Waals surface area contributed by atoms with Gasteiger partial charge in [-0.1, -0.05) is 25.5 Å². The van der Waals surface area contributed by atoms with Crippen LogP contribution < -0.4 is 0 Å². The van der Waals surface area contributed by atoms with Gasteiger partial charge >= 0.3 is 5.97 Å². The number of fused-ring (bicyclic) bond motifs is 5. The highest BCUT2D eigenvalue weighted by molar-refractivity contribution is 5.80. The number of hydrogen-bond acceptors (Lipinski definition) is 2. The van der Waals surface area contributed by atoms with E-state index in [1.165, 1.54) is 24.8 Å². The van der Waals surface area contributed by atoms with E-state index in [4.69, 9.17) is 0 Å². The molecule has 7 atom stereocenters. The van der Waals surface area contributed by atoms with Gasteiger partial charge in [-0.2, -0.15) is 0 Å². The number of amides is 1. The normalized spacial score (nSPS) is 41.9. The van der Waals surface area contributed by atoms with Crippen molar-refractivity contribution in [3.05, 3.63) is 11.6 Å². The van der Waals surface area contributed by atoms with Gasteiger partial charge in [-0.25, -0.2) is 0 Å². The Balaban J connectivity index is 1.58. The highest BCUT2D eigenvalue weighted by atomic mass is 16.4. The molecule has 4 nitrogen and oxygen atoms in total. The third kappa shape index (κ3) is 3.47. The summed E-state index contributed by atoms with van der Waals surface area (Å²) in [6.45, 7) is 13.4. The van der Waals surface area contributed by atoms with E-state index < -0.39 is 5.97 Å². The molecule has 4 heteroatoms. The first kappa shape index (κ1) is 22.9. The van der Waals surface area contributed by atoms with Crippen LogP contribution in [0, 0.1) is 40.4 Å². The van der Waals surface area contributed by atoms with Crippen LogP contribution in [0.4, 0.5) is 0 Å². The van der Waals surface area contributed by atoms with Crippen LogP contribution in [0.1, 0.15) is 92.9 Å². The highest BCUT2D eigenvalue weighted by Gasteiger charge is 2.60. The van der Waals surface area contributed by atoms with Gasteiger partial charge < -0.3 is 10.0 Å². The summed E-state index contributed by atoms with van der Waals surface area (Å²) in [6, 6.07) is 0.495. The van der Waals surface area contributed by atoms with E-state index in [1.54, 1.807) is 0 Å². The monoisotopic (exact) mass is 429 g/mol. The standard InChI is InChI=1S/C27H43NO3/c1-16(2)28(17(3)4)24(29)23-10-9-21-20-8-7-19-15-18(25(30)31)11-13-26(19,5)22(20)12-14-27(21,23)6/h15-18,20-23H,7-14H2,1-6H3,(H,30,31)/t18-,20-,21-,22-,23+,26-,27-/m0/s1. The fourth-order valence-electron chi connectivity index (χ4n) is 8.61. The Labute approximate surface area is 188 Å². The maximum atomic E-state index is 13.7. The predicted molar refractivity (Wildman–Crippen MR) is 123 cm³/mol. The van der Waals surface area contributed by atoms with Crippen molar-refractivity contribution in [2.45, 2.75) is 105 Å². The quantitative estimate of drug-likeness (QED) is 0.565. The zero-order valence-electron chi connectivity index (χ0n) is 20.5. The van der Waals surface area contributed by atoms with Gasteiger partial charge in [0.1, 0.15) is 0 Å². The van der Waals surface area contributed by atoms with Crippen molar-refractivity contribution < 1.29 is 14.7 Å². The number of allylic oxidation sites excluding steroid dienone is 1. The number of aliphatic carboxylic acids is 1. The van der Waals surface area contributed by atoms with Gasteiger partial charge in [-0.05, 0) is 108 Å². The van der Waals surface area contributed by atoms with Gasteiger partial charge in [0.05, 0.1) is 5.92 Å². The topological polar surface area (TPSA) is 57.6 Å². The summed E-state index contributed by atoms with van der Waals surface area (Å²) < 4.78 is 0. The summed E-state index contributed by atoms with van der Waals surface area (Å²) in [5.41, 5.74) is 1.71. The van der Waals surface area contributed by atoms with Gasteiger partial charge in [0, 0.05) is 18.0 Å². The minimum atomic E-state index is -0.662. The maximum absolute atomic E-state index is 13.7. The lowest BCUT2D eigenvalue weighted by molar-refractivity contribution is -0.146. The second-order valence-corrected chi connectivity index (χ2v) is 12.1. The van der Waals surface area contributed by atoms with Crippen molar-refractivity contribution in [2.24, 2.45) is 40.4 Å². The minimum absolute atomic E-state index is 0.121. The lowest BCUT2D eigenvalue weighted by Crippen LogP contribution is -2.53. The lowest BCUT2D eigenvalue weighted by Gasteiger charge is -2.58. The molecule has 4 rings (SSSR count). The molecule has 0 aliphatic heterocycles. The van der Waals surface area contributed by atoms with Gasteiger partial charge in [0.2, 0.25) is 5.91 Å². The zero-order chi connectivity index (χ0) is 22.7. The molecular weight excluding hydrogens is 386 g/mol. The van der Waals surface area contributed by atoms with Crippen LogP contribution in [-0.2, 0) is 9.59 Å². The molecule has 31 heavy (non-hydrogen) atoms. The first-order chi connectivity index (χ1) is 14.5. The SMILES string of the molecule is CC(C)N(C(=O)[C@H]1CC[C@H]2[C@@H]3CCC4=C[C@@H](C(=O)O)CC[C@]4(C)[C@H]3CC[C@]12C)C(C)C. The summed E-state index contributed by atoms with van der Waals surface area (Å²) in [6.07, 6.45) is 10.7. The molecule has 4 aliphatic rings. The number of rotatable bonds is 4. The highest BCUT2D eigenvalue weighted by Crippen LogP contribution is 2.67. The van der Waals surface area contributed by atoms with Crippen LogP contribution in [0.2, 0.25) is 0 Å². The van der Waals surface area contributed by atoms with E-state index in [0.29, 0.717) is 23.7 Å². The van der Waals surface area contributed by atoms with E-state index in [0.717, 1.165) is 32.1 Å². The van der Waals surface area contributed by atoms with E-state index >= 15 is 0 Å². The molecule has 174 valence electrons. The average Bonchev–Trinajstić information content (AvgIpc) is 3.03. The molecule has 3 fully saturated rings. The third-order valence-electron chi connectivity index (χ3n) is 10.1. The molecule has 0 aromatic rings. The molecule has 1 N–H and O–H groups in total. The molecule has 3 saturated carbocycles. The Morgan fingerprint density at radius 1 is 0.968 bits per heavy atom. The molecule has 4 aliphatic carbocycles. The van der Waals surface area contributed by atoms with E-state index in [1.807, 2.05) is 0 Å². The van der Waals surface area contributed by atoms with Crippen molar-refractivity contribution in [1.82, 2.24) is 4.90 Å². The zero-order valence-corrected chi connectivity index (χ0v) is 20.5. The van der Waals surface area contributed by atoms with Crippen LogP contribution >= 0.6 is 0 Å². The second-order valence-electron chi connectivity index (χ2n) is 12.1. The number of nitrogens with zero attached hydrogens (tertiary/aromatic N) is 1. The van der Waals surface area contributed by atoms with E-state index in [-0.39, 0.29) is 34.7 Å². The van der Waals surface area contributed by atoms with Crippen LogP contribution in [0.5, 0.6) is 0 Å². The van der Waals surface area contributed by atoms with Crippen LogP contribution in [0.3, 0.4) is 0 Å². The summed E-state index contributed by atoms with van der Waals surface area (Å²) in [7, 11) is 0. The molecule has 0 radical (unpaired) electrons. The summed E-state index contributed by atoms with van der Waals surface area (Å²) in [4.78, 5) is 27.4. The Morgan fingerprint density at radius 3 is 2.26 bits per heavy atom. The second kappa shape index (κ2) is 7.92. The number of hydrogen-bond donors (Lipinski definition) is 1. The Morgan fingerprint density at radius 2 is 1.65 bits per heavy atom. The van der Waals surface area contributed by atoms with Crippen molar-refractivity contribution in [3.63, 3.8) is 0 Å². The van der Waals surface area contributed by atoms with Crippen LogP contribution in [-0.4, -0.2) is 34.0 Å². The Kier molecular flexibility index (Phi) is 5.84. The smallest absolute Gasteiger partial charge is 0.310 e. The first-order valence-corrected chi connectivity index (χ1v) is 12.8. The number of carbonyl (C=O) groups is 2. The van der Waals surface area contributed by atoms with E-state index in [2.05, 4.69) is 52.5 Å². The van der Waals surface area contributed by atoms with Crippen molar-refractivity contribution in [3.8, 4) is 0 Å². The average molecular weight is 430 g/mol. The van der Waals surface area contributed by atoms with E-state index in [9.17, 15) is 14.7 Å². The number of carboxylic acids is 1. The molecule has 0 bridgehead atoms. The molecule has 1 amide bonds.